The number of hydrogen-bond acceptors (Lipinski definition) is 5. The van der Waals surface area contributed by atoms with Crippen LogP contribution in [0.3, 0.4) is 0 Å². The van der Waals surface area contributed by atoms with Crippen molar-refractivity contribution >= 4 is 23.4 Å². The van der Waals surface area contributed by atoms with Gasteiger partial charge < -0.3 is 5.32 Å². The van der Waals surface area contributed by atoms with E-state index in [0.29, 0.717) is 5.95 Å². The third kappa shape index (κ3) is 2.27. The minimum absolute atomic E-state index is 0.715. The molecular formula is C10H17N5S. The van der Waals surface area contributed by atoms with Crippen molar-refractivity contribution < 1.29 is 0 Å². The summed E-state index contributed by atoms with van der Waals surface area (Å²) in [5.41, 5.74) is 1.91. The van der Waals surface area contributed by atoms with E-state index in [4.69, 9.17) is 0 Å². The number of fused-ring (bicyclic) bond motifs is 1. The highest BCUT2D eigenvalue weighted by Gasteiger charge is 2.08. The van der Waals surface area contributed by atoms with E-state index in [1.54, 1.807) is 10.7 Å². The van der Waals surface area contributed by atoms with Gasteiger partial charge in [0.05, 0.1) is 6.20 Å². The monoisotopic (exact) mass is 239 g/mol. The van der Waals surface area contributed by atoms with Crippen LogP contribution >= 0.6 is 11.8 Å². The maximum atomic E-state index is 4.37. The molecule has 6 heteroatoms. The Hall–Kier alpha value is -1.30. The summed E-state index contributed by atoms with van der Waals surface area (Å²) in [6, 6.07) is 0. The van der Waals surface area contributed by atoms with Gasteiger partial charge in [0.2, 0.25) is 5.95 Å². The molecule has 88 valence electrons. The summed E-state index contributed by atoms with van der Waals surface area (Å²) in [6.07, 6.45) is 3.74. The predicted octanol–water partition coefficient (Wildman–Crippen LogP) is 2.22. The fraction of sp³-hybridized carbons (Fsp3) is 0.500. The molecule has 0 saturated carbocycles. The summed E-state index contributed by atoms with van der Waals surface area (Å²) in [5, 5.41) is 7.93. The molecule has 0 aliphatic rings. The lowest BCUT2D eigenvalue weighted by molar-refractivity contribution is 0.843. The van der Waals surface area contributed by atoms with E-state index in [-0.39, 0.29) is 0 Å². The second-order valence-electron chi connectivity index (χ2n) is 2.85. The Morgan fingerprint density at radius 1 is 1.31 bits per heavy atom. The van der Waals surface area contributed by atoms with Gasteiger partial charge in [-0.05, 0) is 13.2 Å². The first-order valence-corrected chi connectivity index (χ1v) is 6.43. The maximum Gasteiger partial charge on any atom is 0.228 e. The lowest BCUT2D eigenvalue weighted by Crippen LogP contribution is -2.05. The summed E-state index contributed by atoms with van der Waals surface area (Å²) >= 11 is 1.52. The second-order valence-corrected chi connectivity index (χ2v) is 3.62. The maximum absolute atomic E-state index is 4.37. The number of aryl methyl sites for hydroxylation is 1. The zero-order chi connectivity index (χ0) is 12.1. The molecule has 2 heterocycles. The Kier molecular flexibility index (Phi) is 4.54. The molecule has 1 N–H and O–H groups in total. The van der Waals surface area contributed by atoms with Crippen molar-refractivity contribution in [2.75, 3.05) is 18.6 Å². The van der Waals surface area contributed by atoms with Crippen LogP contribution < -0.4 is 5.32 Å². The molecule has 0 aliphatic carbocycles. The van der Waals surface area contributed by atoms with Crippen molar-refractivity contribution in [3.63, 3.8) is 0 Å². The van der Waals surface area contributed by atoms with Crippen molar-refractivity contribution in [3.8, 4) is 0 Å². The topological polar surface area (TPSA) is 55.1 Å². The van der Waals surface area contributed by atoms with Crippen molar-refractivity contribution in [3.05, 3.63) is 11.8 Å². The standard InChI is InChI=1S/C8H11N5S.C2H6/c1-5-4-10-13-6(5)11-8(14-3)12-7(13)9-2;1-2/h4H,1-3H3,(H,9,11,12);1-2H3. The smallest absolute Gasteiger partial charge is 0.228 e. The molecule has 0 aromatic carbocycles. The molecule has 0 fully saturated rings. The number of rotatable bonds is 2. The summed E-state index contributed by atoms with van der Waals surface area (Å²) in [7, 11) is 1.82. The lowest BCUT2D eigenvalue weighted by atomic mass is 10.4. The first kappa shape index (κ1) is 12.8. The molecule has 2 aromatic rings. The van der Waals surface area contributed by atoms with Crippen LogP contribution in [0.2, 0.25) is 0 Å². The fourth-order valence-electron chi connectivity index (χ4n) is 1.22. The molecule has 2 rings (SSSR count). The molecule has 0 bridgehead atoms. The molecule has 0 spiro atoms. The highest BCUT2D eigenvalue weighted by molar-refractivity contribution is 7.98. The Bertz CT molecular complexity index is 465. The van der Waals surface area contributed by atoms with Crippen molar-refractivity contribution in [2.24, 2.45) is 0 Å². The highest BCUT2D eigenvalue weighted by atomic mass is 32.2. The molecule has 2 aromatic heterocycles. The van der Waals surface area contributed by atoms with E-state index >= 15 is 0 Å². The molecule has 0 saturated heterocycles. The number of nitrogens with one attached hydrogen (secondary N) is 1. The Morgan fingerprint density at radius 3 is 2.56 bits per heavy atom. The second kappa shape index (κ2) is 5.69. The molecule has 0 radical (unpaired) electrons. The summed E-state index contributed by atoms with van der Waals surface area (Å²) in [6.45, 7) is 5.98. The van der Waals surface area contributed by atoms with Gasteiger partial charge in [0, 0.05) is 12.6 Å². The molecular weight excluding hydrogens is 222 g/mol. The van der Waals surface area contributed by atoms with Crippen LogP contribution in [0.1, 0.15) is 19.4 Å². The van der Waals surface area contributed by atoms with E-state index in [2.05, 4.69) is 20.4 Å². The van der Waals surface area contributed by atoms with Crippen molar-refractivity contribution in [1.29, 1.82) is 0 Å². The Balaban J connectivity index is 0.000000606. The molecule has 0 atom stereocenters. The average molecular weight is 239 g/mol. The van der Waals surface area contributed by atoms with Gasteiger partial charge in [-0.3, -0.25) is 0 Å². The van der Waals surface area contributed by atoms with Crippen LogP contribution in [-0.2, 0) is 0 Å². The number of nitrogens with zero attached hydrogens (tertiary/aromatic N) is 4. The number of anilines is 1. The van der Waals surface area contributed by atoms with Gasteiger partial charge in [-0.15, -0.1) is 0 Å². The van der Waals surface area contributed by atoms with Gasteiger partial charge in [0.25, 0.3) is 0 Å². The van der Waals surface area contributed by atoms with Crippen LogP contribution in [0.15, 0.2) is 11.4 Å². The molecule has 0 unspecified atom stereocenters. The molecule has 0 aliphatic heterocycles. The van der Waals surface area contributed by atoms with E-state index in [1.807, 2.05) is 34.1 Å². The van der Waals surface area contributed by atoms with Crippen LogP contribution in [0.4, 0.5) is 5.95 Å². The van der Waals surface area contributed by atoms with E-state index < -0.39 is 0 Å². The third-order valence-electron chi connectivity index (χ3n) is 1.93. The van der Waals surface area contributed by atoms with Gasteiger partial charge in [0.15, 0.2) is 10.8 Å². The normalized spacial score (nSPS) is 9.81. The largest absolute Gasteiger partial charge is 0.357 e. The van der Waals surface area contributed by atoms with Crippen LogP contribution in [0.25, 0.3) is 5.65 Å². The predicted molar refractivity (Wildman–Crippen MR) is 68.2 cm³/mol. The average Bonchev–Trinajstić information content (AvgIpc) is 2.72. The minimum Gasteiger partial charge on any atom is -0.357 e. The third-order valence-corrected chi connectivity index (χ3v) is 2.48. The van der Waals surface area contributed by atoms with Gasteiger partial charge in [-0.25, -0.2) is 4.98 Å². The van der Waals surface area contributed by atoms with Gasteiger partial charge in [-0.2, -0.15) is 14.6 Å². The minimum atomic E-state index is 0.715. The van der Waals surface area contributed by atoms with E-state index in [0.717, 1.165) is 16.4 Å². The fourth-order valence-corrected chi connectivity index (χ4v) is 1.58. The Labute approximate surface area is 99.7 Å². The summed E-state index contributed by atoms with van der Waals surface area (Å²) < 4.78 is 1.70. The van der Waals surface area contributed by atoms with E-state index in [9.17, 15) is 0 Å². The number of hydrogen-bond donors (Lipinski definition) is 1. The SMILES string of the molecule is CC.CNc1nc(SC)nc2c(C)cnn12. The quantitative estimate of drug-likeness (QED) is 0.814. The van der Waals surface area contributed by atoms with Crippen LogP contribution in [0.5, 0.6) is 0 Å². The molecule has 16 heavy (non-hydrogen) atoms. The van der Waals surface area contributed by atoms with Crippen LogP contribution in [0, 0.1) is 6.92 Å². The zero-order valence-electron chi connectivity index (χ0n) is 10.3. The zero-order valence-corrected chi connectivity index (χ0v) is 11.1. The first-order chi connectivity index (χ1) is 7.76. The first-order valence-electron chi connectivity index (χ1n) is 5.20. The lowest BCUT2D eigenvalue weighted by Gasteiger charge is -2.04. The molecule has 5 nitrogen and oxygen atoms in total. The van der Waals surface area contributed by atoms with E-state index in [1.165, 1.54) is 11.8 Å². The summed E-state index contributed by atoms with van der Waals surface area (Å²) in [5.74, 6) is 0.715. The van der Waals surface area contributed by atoms with Crippen LogP contribution in [-0.4, -0.2) is 32.9 Å². The number of aromatic nitrogens is 4. The summed E-state index contributed by atoms with van der Waals surface area (Å²) in [4.78, 5) is 8.67. The number of thioether (sulfide) groups is 1. The van der Waals surface area contributed by atoms with Gasteiger partial charge in [-0.1, -0.05) is 25.6 Å². The van der Waals surface area contributed by atoms with Crippen molar-refractivity contribution in [2.45, 2.75) is 25.9 Å². The van der Waals surface area contributed by atoms with Crippen molar-refractivity contribution in [1.82, 2.24) is 19.6 Å². The highest BCUT2D eigenvalue weighted by Crippen LogP contribution is 2.16. The Morgan fingerprint density at radius 2 is 2.00 bits per heavy atom. The van der Waals surface area contributed by atoms with Gasteiger partial charge >= 0.3 is 0 Å². The van der Waals surface area contributed by atoms with Gasteiger partial charge in [0.1, 0.15) is 0 Å². The molecule has 0 amide bonds.